The number of amides is 1. The Labute approximate surface area is 134 Å². The first-order valence-electron chi connectivity index (χ1n) is 7.00. The Morgan fingerprint density at radius 3 is 2.43 bits per heavy atom. The molecule has 7 heteroatoms. The van der Waals surface area contributed by atoms with E-state index >= 15 is 0 Å². The lowest BCUT2D eigenvalue weighted by atomic mass is 10.2. The van der Waals surface area contributed by atoms with E-state index in [9.17, 15) is 13.2 Å². The highest BCUT2D eigenvalue weighted by atomic mass is 32.2. The third-order valence-corrected chi connectivity index (χ3v) is 3.74. The first-order chi connectivity index (χ1) is 10.9. The predicted molar refractivity (Wildman–Crippen MR) is 86.3 cm³/mol. The normalized spacial score (nSPS) is 11.0. The van der Waals surface area contributed by atoms with Crippen molar-refractivity contribution in [2.24, 2.45) is 0 Å². The Balaban J connectivity index is 1.92. The average molecular weight is 335 g/mol. The molecule has 0 bridgehead atoms. The fourth-order valence-electron chi connectivity index (χ4n) is 1.88. The Morgan fingerprint density at radius 1 is 1.04 bits per heavy atom. The van der Waals surface area contributed by atoms with E-state index in [0.29, 0.717) is 17.1 Å². The molecule has 122 valence electrons. The summed E-state index contributed by atoms with van der Waals surface area (Å²) in [5.74, 6) is 0.476. The molecule has 0 radical (unpaired) electrons. The minimum atomic E-state index is -4.00. The zero-order chi connectivity index (χ0) is 16.7. The van der Waals surface area contributed by atoms with Gasteiger partial charge < -0.3 is 10.1 Å². The first-order valence-corrected chi connectivity index (χ1v) is 8.61. The Hall–Kier alpha value is -2.38. The summed E-state index contributed by atoms with van der Waals surface area (Å²) in [4.78, 5) is 12.0. The minimum Gasteiger partial charge on any atom is -0.457 e. The van der Waals surface area contributed by atoms with Crippen LogP contribution >= 0.6 is 0 Å². The summed E-state index contributed by atoms with van der Waals surface area (Å²) in [5.41, 5.74) is 0.408. The molecule has 0 unspecified atom stereocenters. The van der Waals surface area contributed by atoms with Crippen LogP contribution in [0.25, 0.3) is 0 Å². The topological polar surface area (TPSA) is 92.7 Å². The maximum absolute atomic E-state index is 12.0. The molecule has 0 heterocycles. The van der Waals surface area contributed by atoms with Crippen molar-refractivity contribution in [3.8, 4) is 11.5 Å². The second-order valence-electron chi connectivity index (χ2n) is 4.84. The summed E-state index contributed by atoms with van der Waals surface area (Å²) >= 11 is 0. The Kier molecular flexibility index (Phi) is 5.72. The van der Waals surface area contributed by atoms with Gasteiger partial charge >= 0.3 is 0 Å². The van der Waals surface area contributed by atoms with Gasteiger partial charge in [-0.1, -0.05) is 24.3 Å². The predicted octanol–water partition coefficient (Wildman–Crippen LogP) is 2.49. The lowest BCUT2D eigenvalue weighted by Gasteiger charge is -2.08. The summed E-state index contributed by atoms with van der Waals surface area (Å²) in [5, 5.41) is 2.59. The number of hydrogen-bond acceptors (Lipinski definition) is 4. The fourth-order valence-corrected chi connectivity index (χ4v) is 2.39. The maximum atomic E-state index is 12.0. The summed E-state index contributed by atoms with van der Waals surface area (Å²) in [7, 11) is -4.00. The molecule has 0 aliphatic carbocycles. The SMILES string of the molecule is O=C(NCCCS(=O)(=O)O)c1cccc(Oc2ccccc2)c1. The zero-order valence-corrected chi connectivity index (χ0v) is 13.1. The van der Waals surface area contributed by atoms with Crippen molar-refractivity contribution in [1.82, 2.24) is 5.32 Å². The minimum absolute atomic E-state index is 0.144. The molecule has 2 N–H and O–H groups in total. The first kappa shape index (κ1) is 17.0. The van der Waals surface area contributed by atoms with Gasteiger partial charge in [0, 0.05) is 12.1 Å². The lowest BCUT2D eigenvalue weighted by molar-refractivity contribution is 0.0953. The zero-order valence-electron chi connectivity index (χ0n) is 12.3. The van der Waals surface area contributed by atoms with Gasteiger partial charge in [-0.15, -0.1) is 0 Å². The highest BCUT2D eigenvalue weighted by Crippen LogP contribution is 2.21. The molecular weight excluding hydrogens is 318 g/mol. The van der Waals surface area contributed by atoms with Gasteiger partial charge in [-0.3, -0.25) is 9.35 Å². The third-order valence-electron chi connectivity index (χ3n) is 2.94. The second-order valence-corrected chi connectivity index (χ2v) is 6.41. The number of hydrogen-bond donors (Lipinski definition) is 2. The number of carbonyl (C=O) groups excluding carboxylic acids is 1. The number of para-hydroxylation sites is 1. The monoisotopic (exact) mass is 335 g/mol. The van der Waals surface area contributed by atoms with Crippen molar-refractivity contribution in [2.75, 3.05) is 12.3 Å². The van der Waals surface area contributed by atoms with E-state index in [0.717, 1.165) is 0 Å². The molecule has 6 nitrogen and oxygen atoms in total. The van der Waals surface area contributed by atoms with Crippen LogP contribution in [0, 0.1) is 0 Å². The summed E-state index contributed by atoms with van der Waals surface area (Å²) in [6, 6.07) is 15.9. The number of ether oxygens (including phenoxy) is 1. The molecule has 2 aromatic carbocycles. The molecule has 0 saturated heterocycles. The van der Waals surface area contributed by atoms with Gasteiger partial charge in [0.1, 0.15) is 11.5 Å². The molecular formula is C16H17NO5S. The second kappa shape index (κ2) is 7.75. The largest absolute Gasteiger partial charge is 0.457 e. The molecule has 0 aromatic heterocycles. The molecule has 23 heavy (non-hydrogen) atoms. The number of nitrogens with one attached hydrogen (secondary N) is 1. The summed E-state index contributed by atoms with van der Waals surface area (Å²) in [6.07, 6.45) is 0.144. The Bertz CT molecular complexity index is 759. The third kappa shape index (κ3) is 6.09. The van der Waals surface area contributed by atoms with Crippen molar-refractivity contribution >= 4 is 16.0 Å². The van der Waals surface area contributed by atoms with Crippen LogP contribution in [0.4, 0.5) is 0 Å². The number of carbonyl (C=O) groups is 1. The molecule has 0 saturated carbocycles. The summed E-state index contributed by atoms with van der Waals surface area (Å²) in [6.45, 7) is 0.155. The smallest absolute Gasteiger partial charge is 0.264 e. The number of benzene rings is 2. The van der Waals surface area contributed by atoms with Gasteiger partial charge in [0.15, 0.2) is 0 Å². The van der Waals surface area contributed by atoms with Crippen molar-refractivity contribution in [3.63, 3.8) is 0 Å². The molecule has 2 rings (SSSR count). The lowest BCUT2D eigenvalue weighted by Crippen LogP contribution is -2.25. The van der Waals surface area contributed by atoms with Gasteiger partial charge in [0.25, 0.3) is 16.0 Å². The van der Waals surface area contributed by atoms with Crippen LogP contribution in [0.1, 0.15) is 16.8 Å². The van der Waals surface area contributed by atoms with E-state index in [4.69, 9.17) is 9.29 Å². The van der Waals surface area contributed by atoms with E-state index in [1.807, 2.05) is 30.3 Å². The molecule has 0 aliphatic heterocycles. The number of rotatable bonds is 7. The quantitative estimate of drug-likeness (QED) is 0.599. The van der Waals surface area contributed by atoms with Crippen LogP contribution in [0.3, 0.4) is 0 Å². The van der Waals surface area contributed by atoms with Crippen LogP contribution in [-0.4, -0.2) is 31.2 Å². The van der Waals surface area contributed by atoms with Crippen LogP contribution < -0.4 is 10.1 Å². The van der Waals surface area contributed by atoms with Crippen LogP contribution in [0.5, 0.6) is 11.5 Å². The van der Waals surface area contributed by atoms with Crippen molar-refractivity contribution in [2.45, 2.75) is 6.42 Å². The van der Waals surface area contributed by atoms with Gasteiger partial charge in [-0.2, -0.15) is 8.42 Å². The highest BCUT2D eigenvalue weighted by Gasteiger charge is 2.08. The molecule has 0 aliphatic rings. The van der Waals surface area contributed by atoms with E-state index in [2.05, 4.69) is 5.32 Å². The standard InChI is InChI=1S/C16H17NO5S/c18-16(17-10-5-11-23(19,20)21)13-6-4-9-15(12-13)22-14-7-2-1-3-8-14/h1-4,6-9,12H,5,10-11H2,(H,17,18)(H,19,20,21). The van der Waals surface area contributed by atoms with Gasteiger partial charge in [-0.05, 0) is 36.8 Å². The van der Waals surface area contributed by atoms with Crippen molar-refractivity contribution in [3.05, 3.63) is 60.2 Å². The van der Waals surface area contributed by atoms with Crippen LogP contribution in [-0.2, 0) is 10.1 Å². The van der Waals surface area contributed by atoms with Crippen molar-refractivity contribution < 1.29 is 22.5 Å². The molecule has 0 atom stereocenters. The highest BCUT2D eigenvalue weighted by molar-refractivity contribution is 7.85. The van der Waals surface area contributed by atoms with Gasteiger partial charge in [-0.25, -0.2) is 0 Å². The van der Waals surface area contributed by atoms with Crippen molar-refractivity contribution in [1.29, 1.82) is 0 Å². The fraction of sp³-hybridized carbons (Fsp3) is 0.188. The molecule has 0 spiro atoms. The van der Waals surface area contributed by atoms with Crippen LogP contribution in [0.15, 0.2) is 54.6 Å². The van der Waals surface area contributed by atoms with E-state index in [-0.39, 0.29) is 24.6 Å². The average Bonchev–Trinajstić information content (AvgIpc) is 2.52. The van der Waals surface area contributed by atoms with E-state index in [1.165, 1.54) is 0 Å². The molecule has 2 aromatic rings. The molecule has 1 amide bonds. The van der Waals surface area contributed by atoms with Crippen LogP contribution in [0.2, 0.25) is 0 Å². The van der Waals surface area contributed by atoms with E-state index < -0.39 is 10.1 Å². The molecule has 0 fully saturated rings. The Morgan fingerprint density at radius 2 is 1.74 bits per heavy atom. The summed E-state index contributed by atoms with van der Waals surface area (Å²) < 4.78 is 35.4. The van der Waals surface area contributed by atoms with E-state index in [1.54, 1.807) is 24.3 Å². The maximum Gasteiger partial charge on any atom is 0.264 e. The van der Waals surface area contributed by atoms with Gasteiger partial charge in [0.2, 0.25) is 0 Å². The van der Waals surface area contributed by atoms with Gasteiger partial charge in [0.05, 0.1) is 5.75 Å².